The number of piperidine rings is 1. The summed E-state index contributed by atoms with van der Waals surface area (Å²) in [5.74, 6) is -0.0642. The Bertz CT molecular complexity index is 1400. The highest BCUT2D eigenvalue weighted by atomic mass is 16.6. The molecule has 3 fully saturated rings. The summed E-state index contributed by atoms with van der Waals surface area (Å²) in [7, 11) is 0. The number of fused-ring (bicyclic) bond motifs is 4. The van der Waals surface area contributed by atoms with Crippen molar-refractivity contribution >= 4 is 23.8 Å². The smallest absolute Gasteiger partial charge is 0.415 e. The maximum Gasteiger partial charge on any atom is 0.415 e. The highest BCUT2D eigenvalue weighted by molar-refractivity contribution is 5.94. The van der Waals surface area contributed by atoms with Crippen molar-refractivity contribution in [3.8, 4) is 17.2 Å². The Morgan fingerprint density at radius 3 is 2.54 bits per heavy atom. The van der Waals surface area contributed by atoms with Crippen LogP contribution in [0, 0.1) is 23.2 Å². The summed E-state index contributed by atoms with van der Waals surface area (Å²) in [6.07, 6.45) is 1.30. The van der Waals surface area contributed by atoms with Gasteiger partial charge in [-0.15, -0.1) is 0 Å². The predicted molar refractivity (Wildman–Crippen MR) is 141 cm³/mol. The molecule has 4 heterocycles. The van der Waals surface area contributed by atoms with Crippen molar-refractivity contribution in [3.05, 3.63) is 47.8 Å². The van der Waals surface area contributed by atoms with Gasteiger partial charge in [0.05, 0.1) is 30.0 Å². The third-order valence-electron chi connectivity index (χ3n) is 8.27. The van der Waals surface area contributed by atoms with E-state index in [2.05, 4.69) is 17.5 Å². The molecular weight excluding hydrogens is 498 g/mol. The standard InChI is InChI=1S/C29H31N5O5/c1-16(35)31-12-24-23-10-19-9-17(5-7-22(19)34(23)27(37)38-24)18-6-8-25(32-11-18)29(15-30)20-13-33(14-21(20)29)26(36)39-28(2,3)4/h5-9,11,20-21,23-24H,10,12-14H2,1-4H3,(H,31,35)/t20-,21+,23-,24-,29-/m0/s1. The van der Waals surface area contributed by atoms with E-state index in [1.54, 1.807) is 16.0 Å². The lowest BCUT2D eigenvalue weighted by molar-refractivity contribution is -0.119. The number of cyclic esters (lactones) is 1. The molecule has 5 atom stereocenters. The minimum Gasteiger partial charge on any atom is -0.444 e. The molecule has 1 aliphatic carbocycles. The van der Waals surface area contributed by atoms with Crippen LogP contribution in [0.1, 0.15) is 39.0 Å². The number of hydrogen-bond acceptors (Lipinski definition) is 7. The van der Waals surface area contributed by atoms with Crippen molar-refractivity contribution < 1.29 is 23.9 Å². The van der Waals surface area contributed by atoms with E-state index in [4.69, 9.17) is 14.5 Å². The fraction of sp³-hybridized carbons (Fsp3) is 0.483. The number of hydrogen-bond donors (Lipinski definition) is 1. The summed E-state index contributed by atoms with van der Waals surface area (Å²) in [5.41, 5.74) is 3.25. The second-order valence-corrected chi connectivity index (χ2v) is 11.9. The second kappa shape index (κ2) is 8.70. The number of aromatic nitrogens is 1. The topological polar surface area (TPSA) is 125 Å². The molecule has 3 amide bonds. The van der Waals surface area contributed by atoms with Gasteiger partial charge in [0, 0.05) is 43.6 Å². The minimum absolute atomic E-state index is 0.0482. The number of ether oxygens (including phenoxy) is 2. The number of rotatable bonds is 4. The van der Waals surface area contributed by atoms with Crippen LogP contribution < -0.4 is 10.2 Å². The van der Waals surface area contributed by atoms with Gasteiger partial charge in [-0.25, -0.2) is 9.59 Å². The largest absolute Gasteiger partial charge is 0.444 e. The Morgan fingerprint density at radius 2 is 1.92 bits per heavy atom. The van der Waals surface area contributed by atoms with Gasteiger partial charge in [0.25, 0.3) is 0 Å². The van der Waals surface area contributed by atoms with Crippen LogP contribution in [0.3, 0.4) is 0 Å². The molecule has 3 aliphatic heterocycles. The average molecular weight is 530 g/mol. The zero-order valence-corrected chi connectivity index (χ0v) is 22.4. The van der Waals surface area contributed by atoms with Crippen LogP contribution in [0.5, 0.6) is 0 Å². The molecule has 2 aromatic rings. The number of carbonyl (C=O) groups excluding carboxylic acids is 3. The molecule has 4 aliphatic rings. The first-order valence-corrected chi connectivity index (χ1v) is 13.2. The zero-order chi connectivity index (χ0) is 27.7. The van der Waals surface area contributed by atoms with Crippen LogP contribution >= 0.6 is 0 Å². The molecule has 1 aromatic carbocycles. The second-order valence-electron chi connectivity index (χ2n) is 11.9. The van der Waals surface area contributed by atoms with Gasteiger partial charge in [-0.1, -0.05) is 12.1 Å². The molecule has 39 heavy (non-hydrogen) atoms. The van der Waals surface area contributed by atoms with Gasteiger partial charge in [-0.3, -0.25) is 14.7 Å². The van der Waals surface area contributed by atoms with Crippen LogP contribution in [0.4, 0.5) is 15.3 Å². The molecule has 10 heteroatoms. The summed E-state index contributed by atoms with van der Waals surface area (Å²) in [6.45, 7) is 8.24. The lowest BCUT2D eigenvalue weighted by Crippen LogP contribution is -2.40. The average Bonchev–Trinajstić information content (AvgIpc) is 3.25. The van der Waals surface area contributed by atoms with Crippen molar-refractivity contribution in [3.63, 3.8) is 0 Å². The first-order chi connectivity index (χ1) is 18.5. The lowest BCUT2D eigenvalue weighted by atomic mass is 9.95. The Balaban J connectivity index is 1.16. The van der Waals surface area contributed by atoms with E-state index < -0.39 is 23.2 Å². The molecule has 0 spiro atoms. The van der Waals surface area contributed by atoms with Crippen molar-refractivity contribution in [2.24, 2.45) is 11.8 Å². The van der Waals surface area contributed by atoms with E-state index in [0.29, 0.717) is 19.5 Å². The van der Waals surface area contributed by atoms with E-state index >= 15 is 0 Å². The van der Waals surface area contributed by atoms with Gasteiger partial charge in [0.15, 0.2) is 0 Å². The number of pyridine rings is 1. The van der Waals surface area contributed by atoms with Gasteiger partial charge >= 0.3 is 12.2 Å². The predicted octanol–water partition coefficient (Wildman–Crippen LogP) is 3.39. The number of amides is 3. The number of nitrogens with one attached hydrogen (secondary N) is 1. The molecular formula is C29H31N5O5. The number of benzene rings is 1. The van der Waals surface area contributed by atoms with Crippen molar-refractivity contribution in [2.75, 3.05) is 24.5 Å². The van der Waals surface area contributed by atoms with E-state index in [-0.39, 0.29) is 36.4 Å². The summed E-state index contributed by atoms with van der Waals surface area (Å²) < 4.78 is 11.0. The number of nitriles is 1. The van der Waals surface area contributed by atoms with Crippen molar-refractivity contribution in [1.29, 1.82) is 5.26 Å². The first kappa shape index (κ1) is 25.2. The van der Waals surface area contributed by atoms with Gasteiger partial charge in [-0.2, -0.15) is 5.26 Å². The van der Waals surface area contributed by atoms with E-state index in [1.807, 2.05) is 45.0 Å². The Labute approximate surface area is 226 Å². The zero-order valence-electron chi connectivity index (χ0n) is 22.4. The summed E-state index contributed by atoms with van der Waals surface area (Å²) >= 11 is 0. The van der Waals surface area contributed by atoms with Gasteiger partial charge in [0.2, 0.25) is 5.91 Å². The van der Waals surface area contributed by atoms with Crippen LogP contribution in [0.2, 0.25) is 0 Å². The van der Waals surface area contributed by atoms with Gasteiger partial charge in [-0.05, 0) is 56.5 Å². The Kier molecular flexibility index (Phi) is 5.61. The molecule has 0 radical (unpaired) electrons. The normalized spacial score (nSPS) is 28.2. The summed E-state index contributed by atoms with van der Waals surface area (Å²) in [4.78, 5) is 44.4. The SMILES string of the molecule is CC(=O)NC[C@@H]1OC(=O)N2c3ccc(-c4ccc([C@]5(C#N)[C@@H]6CN(C(=O)OC(C)(C)C)C[C@@H]65)nc4)cc3C[C@@H]12. The maximum absolute atomic E-state index is 12.5. The Hall–Kier alpha value is -4.13. The molecule has 10 nitrogen and oxygen atoms in total. The summed E-state index contributed by atoms with van der Waals surface area (Å²) in [5, 5.41) is 12.9. The monoisotopic (exact) mass is 529 g/mol. The molecule has 6 rings (SSSR count). The third-order valence-corrected chi connectivity index (χ3v) is 8.27. The van der Waals surface area contributed by atoms with Crippen LogP contribution in [-0.4, -0.2) is 65.4 Å². The van der Waals surface area contributed by atoms with E-state index in [0.717, 1.165) is 28.1 Å². The molecule has 1 saturated carbocycles. The Morgan fingerprint density at radius 1 is 1.21 bits per heavy atom. The molecule has 0 bridgehead atoms. The summed E-state index contributed by atoms with van der Waals surface area (Å²) in [6, 6.07) is 12.2. The molecule has 202 valence electrons. The van der Waals surface area contributed by atoms with Crippen LogP contribution in [0.25, 0.3) is 11.1 Å². The van der Waals surface area contributed by atoms with Gasteiger partial charge < -0.3 is 19.7 Å². The van der Waals surface area contributed by atoms with Crippen molar-refractivity contribution in [1.82, 2.24) is 15.2 Å². The first-order valence-electron chi connectivity index (χ1n) is 13.2. The highest BCUT2D eigenvalue weighted by Gasteiger charge is 2.71. The van der Waals surface area contributed by atoms with Crippen LogP contribution in [0.15, 0.2) is 36.5 Å². The van der Waals surface area contributed by atoms with E-state index in [1.165, 1.54) is 6.92 Å². The van der Waals surface area contributed by atoms with Gasteiger partial charge in [0.1, 0.15) is 17.1 Å². The maximum atomic E-state index is 12.5. The fourth-order valence-corrected chi connectivity index (χ4v) is 6.40. The fourth-order valence-electron chi connectivity index (χ4n) is 6.40. The third kappa shape index (κ3) is 4.08. The lowest BCUT2D eigenvalue weighted by Gasteiger charge is -2.27. The molecule has 0 unspecified atom stereocenters. The minimum atomic E-state index is -0.678. The molecule has 1 aromatic heterocycles. The quantitative estimate of drug-likeness (QED) is 0.644. The van der Waals surface area contributed by atoms with Crippen molar-refractivity contribution in [2.45, 2.75) is 57.3 Å². The molecule has 2 saturated heterocycles. The number of likely N-dealkylation sites (tertiary alicyclic amines) is 1. The van der Waals surface area contributed by atoms with Crippen LogP contribution in [-0.2, 0) is 26.1 Å². The number of carbonyl (C=O) groups is 3. The highest BCUT2D eigenvalue weighted by Crippen LogP contribution is 2.63. The van der Waals surface area contributed by atoms with E-state index in [9.17, 15) is 19.6 Å². The molecule has 1 N–H and O–H groups in total. The number of anilines is 1. The number of nitrogens with zero attached hydrogens (tertiary/aromatic N) is 4.